The molecule has 0 amide bonds. The minimum absolute atomic E-state index is 0.0109. The number of halogens is 4. The fourth-order valence-electron chi connectivity index (χ4n) is 3.95. The topological polar surface area (TPSA) is 86.9 Å². The molecule has 1 heterocycles. The first kappa shape index (κ1) is 25.9. The molecule has 0 saturated heterocycles. The standard InChI is InChI=1S/C24H20F4N4O.C2H6/c1-11-9-15(12(2)33)23-16(10-11)31-24(32(23)8-7-29)18-21(27)19(25)17(20(26)22(18)28)13-3-5-14(30)6-4-13;1-2/h3-6,9-10H,7-8,29-30H2,1-2H3;1-2H3. The predicted molar refractivity (Wildman–Crippen MR) is 130 cm³/mol. The van der Waals surface area contributed by atoms with E-state index in [4.69, 9.17) is 11.5 Å². The van der Waals surface area contributed by atoms with E-state index >= 15 is 17.6 Å². The number of hydrogen-bond donors (Lipinski definition) is 2. The highest BCUT2D eigenvalue weighted by Crippen LogP contribution is 2.38. The predicted octanol–water partition coefficient (Wildman–Crippen LogP) is 6.00. The number of carbonyl (C=O) groups excluding carboxylic acids is 1. The summed E-state index contributed by atoms with van der Waals surface area (Å²) in [7, 11) is 0. The molecule has 9 heteroatoms. The first-order chi connectivity index (χ1) is 16.6. The number of imidazole rings is 1. The van der Waals surface area contributed by atoms with E-state index in [0.29, 0.717) is 11.3 Å². The number of Topliss-reactive ketones (excluding diaryl/α,β-unsaturated/α-hetero) is 1. The summed E-state index contributed by atoms with van der Waals surface area (Å²) in [6, 6.07) is 8.49. The van der Waals surface area contributed by atoms with Crippen LogP contribution in [0.4, 0.5) is 23.2 Å². The molecule has 0 fully saturated rings. The van der Waals surface area contributed by atoms with Gasteiger partial charge in [-0.1, -0.05) is 26.0 Å². The highest BCUT2D eigenvalue weighted by Gasteiger charge is 2.30. The van der Waals surface area contributed by atoms with Crippen LogP contribution in [0.5, 0.6) is 0 Å². The van der Waals surface area contributed by atoms with E-state index in [1.54, 1.807) is 19.1 Å². The number of benzene rings is 3. The molecule has 0 unspecified atom stereocenters. The molecule has 0 atom stereocenters. The number of ketones is 1. The number of anilines is 1. The van der Waals surface area contributed by atoms with Crippen molar-refractivity contribution >= 4 is 22.5 Å². The third kappa shape index (κ3) is 4.51. The molecule has 0 aliphatic heterocycles. The SMILES string of the molecule is CC.CC(=O)c1cc(C)cc2nc(-c3c(F)c(F)c(-c4ccc(N)cc4)c(F)c3F)n(CCN)c12. The molecule has 0 aliphatic rings. The summed E-state index contributed by atoms with van der Waals surface area (Å²) in [4.78, 5) is 16.5. The van der Waals surface area contributed by atoms with Crippen LogP contribution in [0, 0.1) is 30.2 Å². The highest BCUT2D eigenvalue weighted by atomic mass is 19.2. The summed E-state index contributed by atoms with van der Waals surface area (Å²) in [5.41, 5.74) is 11.2. The Balaban J connectivity index is 0.00000167. The van der Waals surface area contributed by atoms with Crippen molar-refractivity contribution in [3.8, 4) is 22.5 Å². The molecular formula is C26H26F4N4O. The van der Waals surface area contributed by atoms with E-state index in [2.05, 4.69) is 4.98 Å². The maximum Gasteiger partial charge on any atom is 0.173 e. The van der Waals surface area contributed by atoms with Crippen molar-refractivity contribution in [1.82, 2.24) is 9.55 Å². The van der Waals surface area contributed by atoms with E-state index in [0.717, 1.165) is 0 Å². The zero-order chi connectivity index (χ0) is 26.0. The molecule has 184 valence electrons. The Morgan fingerprint density at radius 3 is 2.00 bits per heavy atom. The van der Waals surface area contributed by atoms with Crippen molar-refractivity contribution in [2.24, 2.45) is 5.73 Å². The third-order valence-corrected chi connectivity index (χ3v) is 5.40. The third-order valence-electron chi connectivity index (χ3n) is 5.40. The van der Waals surface area contributed by atoms with E-state index in [1.165, 1.54) is 35.8 Å². The monoisotopic (exact) mass is 486 g/mol. The zero-order valence-electron chi connectivity index (χ0n) is 19.8. The van der Waals surface area contributed by atoms with Crippen molar-refractivity contribution in [3.05, 3.63) is 70.8 Å². The fraction of sp³-hybridized carbons (Fsp3) is 0.231. The van der Waals surface area contributed by atoms with Crippen molar-refractivity contribution in [2.45, 2.75) is 34.2 Å². The van der Waals surface area contributed by atoms with Gasteiger partial charge in [0.2, 0.25) is 0 Å². The number of carbonyl (C=O) groups is 1. The Kier molecular flexibility index (Phi) is 7.60. The van der Waals surface area contributed by atoms with Gasteiger partial charge in [0.15, 0.2) is 29.1 Å². The average molecular weight is 487 g/mol. The Bertz CT molecular complexity index is 1380. The summed E-state index contributed by atoms with van der Waals surface area (Å²) in [5.74, 6) is -7.00. The smallest absolute Gasteiger partial charge is 0.173 e. The van der Waals surface area contributed by atoms with Gasteiger partial charge in [0.25, 0.3) is 0 Å². The van der Waals surface area contributed by atoms with Gasteiger partial charge in [-0.2, -0.15) is 0 Å². The molecule has 5 nitrogen and oxygen atoms in total. The molecule has 0 radical (unpaired) electrons. The van der Waals surface area contributed by atoms with Crippen LogP contribution in [0.25, 0.3) is 33.5 Å². The van der Waals surface area contributed by atoms with Crippen molar-refractivity contribution in [3.63, 3.8) is 0 Å². The lowest BCUT2D eigenvalue weighted by Gasteiger charge is -2.14. The van der Waals surface area contributed by atoms with E-state index in [1.807, 2.05) is 13.8 Å². The number of aromatic nitrogens is 2. The Labute approximate surface area is 200 Å². The normalized spacial score (nSPS) is 10.9. The van der Waals surface area contributed by atoms with Crippen LogP contribution in [-0.4, -0.2) is 21.9 Å². The van der Waals surface area contributed by atoms with Gasteiger partial charge < -0.3 is 16.0 Å². The Morgan fingerprint density at radius 2 is 1.49 bits per heavy atom. The van der Waals surface area contributed by atoms with Gasteiger partial charge in [-0.25, -0.2) is 22.5 Å². The summed E-state index contributed by atoms with van der Waals surface area (Å²) in [5, 5.41) is 0. The van der Waals surface area contributed by atoms with Crippen molar-refractivity contribution < 1.29 is 22.4 Å². The lowest BCUT2D eigenvalue weighted by molar-refractivity contribution is 0.101. The molecule has 35 heavy (non-hydrogen) atoms. The molecule has 0 spiro atoms. The Morgan fingerprint density at radius 1 is 0.943 bits per heavy atom. The van der Waals surface area contributed by atoms with Crippen molar-refractivity contribution in [2.75, 3.05) is 12.3 Å². The first-order valence-corrected chi connectivity index (χ1v) is 11.1. The zero-order valence-corrected chi connectivity index (χ0v) is 19.8. The van der Waals surface area contributed by atoms with Gasteiger partial charge in [0.05, 0.1) is 22.2 Å². The second-order valence-corrected chi connectivity index (χ2v) is 7.74. The number of nitrogens with two attached hydrogens (primary N) is 2. The van der Waals surface area contributed by atoms with E-state index in [-0.39, 0.29) is 46.9 Å². The molecule has 4 N–H and O–H groups in total. The minimum Gasteiger partial charge on any atom is -0.399 e. The molecule has 0 bridgehead atoms. The van der Waals surface area contributed by atoms with Gasteiger partial charge in [0, 0.05) is 24.3 Å². The molecule has 4 rings (SSSR count). The van der Waals surface area contributed by atoms with E-state index in [9.17, 15) is 4.79 Å². The molecule has 4 aromatic rings. The minimum atomic E-state index is -1.60. The van der Waals surface area contributed by atoms with Gasteiger partial charge in [-0.15, -0.1) is 0 Å². The number of nitrogens with zero attached hydrogens (tertiary/aromatic N) is 2. The van der Waals surface area contributed by atoms with Crippen LogP contribution in [0.3, 0.4) is 0 Å². The molecule has 0 aliphatic carbocycles. The van der Waals surface area contributed by atoms with Gasteiger partial charge in [0.1, 0.15) is 5.82 Å². The number of aryl methyl sites for hydroxylation is 1. The average Bonchev–Trinajstić information content (AvgIpc) is 3.17. The second kappa shape index (κ2) is 10.3. The second-order valence-electron chi connectivity index (χ2n) is 7.74. The number of rotatable bonds is 5. The van der Waals surface area contributed by atoms with Gasteiger partial charge >= 0.3 is 0 Å². The van der Waals surface area contributed by atoms with Crippen LogP contribution in [-0.2, 0) is 6.54 Å². The van der Waals surface area contributed by atoms with Crippen molar-refractivity contribution in [1.29, 1.82) is 0 Å². The summed E-state index contributed by atoms with van der Waals surface area (Å²) >= 11 is 0. The van der Waals surface area contributed by atoms with Gasteiger partial charge in [-0.05, 0) is 49.2 Å². The lowest BCUT2D eigenvalue weighted by atomic mass is 10.00. The lowest BCUT2D eigenvalue weighted by Crippen LogP contribution is -2.14. The number of nitrogen functional groups attached to an aromatic ring is 1. The van der Waals surface area contributed by atoms with Crippen LogP contribution in [0.15, 0.2) is 36.4 Å². The highest BCUT2D eigenvalue weighted by molar-refractivity contribution is 6.06. The van der Waals surface area contributed by atoms with Crippen LogP contribution in [0.2, 0.25) is 0 Å². The Hall–Kier alpha value is -3.72. The van der Waals surface area contributed by atoms with Gasteiger partial charge in [-0.3, -0.25) is 4.79 Å². The molecular weight excluding hydrogens is 460 g/mol. The maximum atomic E-state index is 15.3. The molecule has 1 aromatic heterocycles. The quantitative estimate of drug-likeness (QED) is 0.157. The van der Waals surface area contributed by atoms with E-state index < -0.39 is 34.4 Å². The fourth-order valence-corrected chi connectivity index (χ4v) is 3.95. The van der Waals surface area contributed by atoms with Crippen LogP contribution < -0.4 is 11.5 Å². The van der Waals surface area contributed by atoms with Crippen LogP contribution in [0.1, 0.15) is 36.7 Å². The first-order valence-electron chi connectivity index (χ1n) is 11.1. The molecule has 0 saturated carbocycles. The summed E-state index contributed by atoms with van der Waals surface area (Å²) in [6.45, 7) is 7.11. The number of hydrogen-bond acceptors (Lipinski definition) is 4. The van der Waals surface area contributed by atoms with Crippen LogP contribution >= 0.6 is 0 Å². The largest absolute Gasteiger partial charge is 0.399 e. The summed E-state index contributed by atoms with van der Waals surface area (Å²) < 4.78 is 62.1. The maximum absolute atomic E-state index is 15.3. The molecule has 3 aromatic carbocycles. The summed E-state index contributed by atoms with van der Waals surface area (Å²) in [6.07, 6.45) is 0. The number of fused-ring (bicyclic) bond motifs is 1.